The summed E-state index contributed by atoms with van der Waals surface area (Å²) in [6, 6.07) is 4.01. The van der Waals surface area contributed by atoms with E-state index in [0.29, 0.717) is 23.8 Å². The number of nitrogens with zero attached hydrogens (tertiary/aromatic N) is 3. The topological polar surface area (TPSA) is 60.6 Å². The monoisotopic (exact) mass is 343 g/mol. The van der Waals surface area contributed by atoms with Crippen LogP contribution in [-0.2, 0) is 11.3 Å². The van der Waals surface area contributed by atoms with Crippen LogP contribution in [0.3, 0.4) is 0 Å². The molecule has 2 saturated heterocycles. The Morgan fingerprint density at radius 3 is 2.92 bits per heavy atom. The van der Waals surface area contributed by atoms with Gasteiger partial charge in [-0.05, 0) is 49.9 Å². The normalized spacial score (nSPS) is 23.6. The molecule has 2 fully saturated rings. The van der Waals surface area contributed by atoms with Gasteiger partial charge in [-0.3, -0.25) is 9.88 Å². The molecule has 0 bridgehead atoms. The minimum Gasteiger partial charge on any atom is -0.476 e. The summed E-state index contributed by atoms with van der Waals surface area (Å²) in [7, 11) is 0. The second-order valence-electron chi connectivity index (χ2n) is 7.09. The molecule has 0 aromatic carbocycles. The molecule has 2 aliphatic heterocycles. The van der Waals surface area contributed by atoms with Gasteiger partial charge in [0.05, 0.1) is 32.2 Å². The van der Waals surface area contributed by atoms with E-state index in [9.17, 15) is 0 Å². The molecule has 0 amide bonds. The molecule has 2 aromatic heterocycles. The van der Waals surface area contributed by atoms with Gasteiger partial charge in [0, 0.05) is 24.9 Å². The number of furan rings is 1. The van der Waals surface area contributed by atoms with E-state index in [2.05, 4.69) is 20.9 Å². The summed E-state index contributed by atoms with van der Waals surface area (Å²) < 4.78 is 17.2. The molecule has 1 unspecified atom stereocenters. The van der Waals surface area contributed by atoms with Gasteiger partial charge in [-0.1, -0.05) is 0 Å². The van der Waals surface area contributed by atoms with Crippen LogP contribution in [0.1, 0.15) is 25.0 Å². The number of aromatic nitrogens is 2. The molecular formula is C19H25N3O3. The van der Waals surface area contributed by atoms with Crippen LogP contribution in [-0.4, -0.2) is 47.8 Å². The SMILES string of the molecule is c1coc(CN2CCC3(CCOCC3COc3cnccn3)CC2)c1. The zero-order valence-electron chi connectivity index (χ0n) is 14.5. The summed E-state index contributed by atoms with van der Waals surface area (Å²) in [6.07, 6.45) is 10.2. The predicted molar refractivity (Wildman–Crippen MR) is 92.1 cm³/mol. The maximum absolute atomic E-state index is 5.90. The summed E-state index contributed by atoms with van der Waals surface area (Å²) in [5.74, 6) is 2.05. The van der Waals surface area contributed by atoms with Crippen molar-refractivity contribution < 1.29 is 13.9 Å². The third-order valence-corrected chi connectivity index (χ3v) is 5.71. The van der Waals surface area contributed by atoms with E-state index in [1.54, 1.807) is 24.9 Å². The molecule has 6 heteroatoms. The van der Waals surface area contributed by atoms with E-state index in [0.717, 1.165) is 45.0 Å². The fourth-order valence-electron chi connectivity index (χ4n) is 4.09. The van der Waals surface area contributed by atoms with Crippen LogP contribution in [0, 0.1) is 11.3 Å². The van der Waals surface area contributed by atoms with Crippen LogP contribution < -0.4 is 4.74 Å². The number of piperidine rings is 1. The van der Waals surface area contributed by atoms with Crippen molar-refractivity contribution in [1.29, 1.82) is 0 Å². The Labute approximate surface area is 148 Å². The summed E-state index contributed by atoms with van der Waals surface area (Å²) in [5, 5.41) is 0. The van der Waals surface area contributed by atoms with Gasteiger partial charge in [-0.25, -0.2) is 4.98 Å². The van der Waals surface area contributed by atoms with Gasteiger partial charge in [0.2, 0.25) is 5.88 Å². The smallest absolute Gasteiger partial charge is 0.232 e. The van der Waals surface area contributed by atoms with Crippen LogP contribution >= 0.6 is 0 Å². The van der Waals surface area contributed by atoms with E-state index in [4.69, 9.17) is 13.9 Å². The lowest BCUT2D eigenvalue weighted by Gasteiger charge is -2.48. The third kappa shape index (κ3) is 3.85. The van der Waals surface area contributed by atoms with Gasteiger partial charge in [0.1, 0.15) is 5.76 Å². The molecule has 25 heavy (non-hydrogen) atoms. The Kier molecular flexibility index (Phi) is 4.99. The molecule has 134 valence electrons. The fraction of sp³-hybridized carbons (Fsp3) is 0.579. The fourth-order valence-corrected chi connectivity index (χ4v) is 4.09. The average molecular weight is 343 g/mol. The minimum atomic E-state index is 0.320. The second-order valence-corrected chi connectivity index (χ2v) is 7.09. The first kappa shape index (κ1) is 16.5. The molecule has 4 rings (SSSR count). The van der Waals surface area contributed by atoms with E-state index in [1.807, 2.05) is 6.07 Å². The second kappa shape index (κ2) is 7.54. The first-order valence-corrected chi connectivity index (χ1v) is 9.05. The number of hydrogen-bond acceptors (Lipinski definition) is 6. The predicted octanol–water partition coefficient (Wildman–Crippen LogP) is 2.77. The molecule has 0 aliphatic carbocycles. The molecule has 0 saturated carbocycles. The largest absolute Gasteiger partial charge is 0.476 e. The van der Waals surface area contributed by atoms with Crippen molar-refractivity contribution in [1.82, 2.24) is 14.9 Å². The Balaban J connectivity index is 1.35. The Morgan fingerprint density at radius 1 is 1.24 bits per heavy atom. The van der Waals surface area contributed by atoms with E-state index >= 15 is 0 Å². The maximum Gasteiger partial charge on any atom is 0.232 e. The highest BCUT2D eigenvalue weighted by molar-refractivity contribution is 5.03. The molecule has 4 heterocycles. The van der Waals surface area contributed by atoms with Crippen molar-refractivity contribution in [2.75, 3.05) is 32.9 Å². The molecule has 1 atom stereocenters. The van der Waals surface area contributed by atoms with Crippen LogP contribution in [0.15, 0.2) is 41.4 Å². The van der Waals surface area contributed by atoms with Crippen molar-refractivity contribution >= 4 is 0 Å². The lowest BCUT2D eigenvalue weighted by molar-refractivity contribution is -0.0872. The van der Waals surface area contributed by atoms with Crippen molar-refractivity contribution in [2.24, 2.45) is 11.3 Å². The highest BCUT2D eigenvalue weighted by atomic mass is 16.5. The summed E-state index contributed by atoms with van der Waals surface area (Å²) in [5.41, 5.74) is 0.320. The van der Waals surface area contributed by atoms with Crippen molar-refractivity contribution in [3.05, 3.63) is 42.7 Å². The third-order valence-electron chi connectivity index (χ3n) is 5.71. The number of ether oxygens (including phenoxy) is 2. The van der Waals surface area contributed by atoms with Crippen molar-refractivity contribution in [3.63, 3.8) is 0 Å². The summed E-state index contributed by atoms with van der Waals surface area (Å²) in [6.45, 7) is 5.39. The maximum atomic E-state index is 5.90. The van der Waals surface area contributed by atoms with E-state index < -0.39 is 0 Å². The van der Waals surface area contributed by atoms with Gasteiger partial charge in [0.15, 0.2) is 0 Å². The van der Waals surface area contributed by atoms with Gasteiger partial charge < -0.3 is 13.9 Å². The van der Waals surface area contributed by atoms with Gasteiger partial charge in [-0.2, -0.15) is 0 Å². The van der Waals surface area contributed by atoms with E-state index in [-0.39, 0.29) is 0 Å². The zero-order chi connectivity index (χ0) is 17.0. The molecule has 2 aliphatic rings. The first-order valence-electron chi connectivity index (χ1n) is 9.05. The van der Waals surface area contributed by atoms with E-state index in [1.165, 1.54) is 12.8 Å². The van der Waals surface area contributed by atoms with Crippen molar-refractivity contribution in [3.8, 4) is 5.88 Å². The van der Waals surface area contributed by atoms with Crippen LogP contribution in [0.2, 0.25) is 0 Å². The lowest BCUT2D eigenvalue weighted by atomic mass is 9.66. The summed E-state index contributed by atoms with van der Waals surface area (Å²) in [4.78, 5) is 10.8. The molecule has 1 spiro atoms. The van der Waals surface area contributed by atoms with Gasteiger partial charge in [0.25, 0.3) is 0 Å². The van der Waals surface area contributed by atoms with Crippen LogP contribution in [0.25, 0.3) is 0 Å². The number of rotatable bonds is 5. The van der Waals surface area contributed by atoms with Gasteiger partial charge >= 0.3 is 0 Å². The van der Waals surface area contributed by atoms with Crippen LogP contribution in [0.5, 0.6) is 5.88 Å². The quantitative estimate of drug-likeness (QED) is 0.832. The van der Waals surface area contributed by atoms with Crippen LogP contribution in [0.4, 0.5) is 0 Å². The average Bonchev–Trinajstić information content (AvgIpc) is 3.17. The molecule has 0 radical (unpaired) electrons. The van der Waals surface area contributed by atoms with Crippen molar-refractivity contribution in [2.45, 2.75) is 25.8 Å². The molecule has 0 N–H and O–H groups in total. The highest BCUT2D eigenvalue weighted by Crippen LogP contribution is 2.45. The zero-order valence-corrected chi connectivity index (χ0v) is 14.5. The molecule has 6 nitrogen and oxygen atoms in total. The molecule has 2 aromatic rings. The standard InChI is InChI=1S/C19H25N3O3/c1-2-17(24-10-1)13-22-8-3-19(4-9-22)5-11-23-14-16(19)15-25-18-12-20-6-7-21-18/h1-2,6-7,10,12,16H,3-5,8-9,11,13-15H2. The Morgan fingerprint density at radius 2 is 2.16 bits per heavy atom. The summed E-state index contributed by atoms with van der Waals surface area (Å²) >= 11 is 0. The Hall–Kier alpha value is -1.92. The first-order chi connectivity index (χ1) is 12.3. The van der Waals surface area contributed by atoms with Gasteiger partial charge in [-0.15, -0.1) is 0 Å². The Bertz CT molecular complexity index is 639. The minimum absolute atomic E-state index is 0.320. The highest BCUT2D eigenvalue weighted by Gasteiger charge is 2.43. The lowest BCUT2D eigenvalue weighted by Crippen LogP contribution is -2.49. The molecular weight excluding hydrogens is 318 g/mol. The number of hydrogen-bond donors (Lipinski definition) is 0. The number of likely N-dealkylation sites (tertiary alicyclic amines) is 1.